The van der Waals surface area contributed by atoms with Crippen molar-refractivity contribution in [2.75, 3.05) is 0 Å². The van der Waals surface area contributed by atoms with Crippen LogP contribution in [-0.2, 0) is 0 Å². The van der Waals surface area contributed by atoms with E-state index in [-0.39, 0.29) is 6.42 Å². The van der Waals surface area contributed by atoms with E-state index in [0.29, 0.717) is 23.2 Å². The molecule has 4 N–H and O–H groups in total. The van der Waals surface area contributed by atoms with Gasteiger partial charge >= 0.3 is 5.97 Å². The molecule has 0 radical (unpaired) electrons. The first kappa shape index (κ1) is 24.0. The summed E-state index contributed by atoms with van der Waals surface area (Å²) in [5, 5.41) is 38.3. The SMILES string of the molecule is C[C@H](CCCC(C)(O)C(O)(O)O)[C@H]1CC[C@H]2[C@@H]3CC[C@@H]4CCCC[C@]4(C)[C@H]3CC[C@]12C. The van der Waals surface area contributed by atoms with E-state index in [1.807, 2.05) is 0 Å². The third-order valence-corrected chi connectivity index (χ3v) is 11.4. The Balaban J connectivity index is 1.40. The fourth-order valence-electron chi connectivity index (χ4n) is 9.41. The van der Waals surface area contributed by atoms with Gasteiger partial charge in [0, 0.05) is 0 Å². The number of rotatable bonds is 6. The molecule has 0 aromatic heterocycles. The zero-order valence-corrected chi connectivity index (χ0v) is 20.4. The zero-order chi connectivity index (χ0) is 22.7. The van der Waals surface area contributed by atoms with Crippen LogP contribution in [0.25, 0.3) is 0 Å². The summed E-state index contributed by atoms with van der Waals surface area (Å²) in [7, 11) is 0. The summed E-state index contributed by atoms with van der Waals surface area (Å²) >= 11 is 0. The molecule has 4 rings (SSSR count). The highest BCUT2D eigenvalue weighted by Gasteiger charge is 2.60. The van der Waals surface area contributed by atoms with Crippen molar-refractivity contribution in [1.82, 2.24) is 0 Å². The molecule has 4 aliphatic rings. The molecule has 4 saturated carbocycles. The molecule has 0 amide bonds. The highest BCUT2D eigenvalue weighted by molar-refractivity contribution is 5.09. The van der Waals surface area contributed by atoms with E-state index in [1.165, 1.54) is 71.1 Å². The van der Waals surface area contributed by atoms with Crippen LogP contribution in [-0.4, -0.2) is 32.0 Å². The van der Waals surface area contributed by atoms with Crippen molar-refractivity contribution >= 4 is 0 Å². The summed E-state index contributed by atoms with van der Waals surface area (Å²) in [6, 6.07) is 0. The molecule has 9 atom stereocenters. The minimum Gasteiger partial charge on any atom is -0.382 e. The van der Waals surface area contributed by atoms with E-state index < -0.39 is 11.6 Å². The van der Waals surface area contributed by atoms with E-state index in [2.05, 4.69) is 20.8 Å². The minimum absolute atomic E-state index is 0.193. The van der Waals surface area contributed by atoms with Gasteiger partial charge in [-0.15, -0.1) is 0 Å². The lowest BCUT2D eigenvalue weighted by molar-refractivity contribution is -0.388. The molecule has 4 heteroatoms. The smallest absolute Gasteiger partial charge is 0.305 e. The Hall–Kier alpha value is -0.160. The van der Waals surface area contributed by atoms with E-state index >= 15 is 0 Å². The third kappa shape index (κ3) is 4.02. The Morgan fingerprint density at radius 2 is 1.55 bits per heavy atom. The standard InChI is InChI=1S/C27H48O4/c1-18(8-7-16-26(4,28)27(29,30)31)21-12-13-22-20-11-10-19-9-5-6-15-24(19,2)23(20)14-17-25(21,22)3/h18-23,28-31H,5-17H2,1-4H3/t18-,19+,20+,21-,22+,23+,24+,25-,26?/m1/s1. The molecule has 4 fully saturated rings. The predicted octanol–water partition coefficient (Wildman–Crippen LogP) is 5.22. The van der Waals surface area contributed by atoms with E-state index in [0.717, 1.165) is 36.0 Å². The van der Waals surface area contributed by atoms with Gasteiger partial charge in [-0.2, -0.15) is 0 Å². The lowest BCUT2D eigenvalue weighted by atomic mass is 9.44. The lowest BCUT2D eigenvalue weighted by Crippen LogP contribution is -2.53. The third-order valence-electron chi connectivity index (χ3n) is 11.4. The molecule has 4 nitrogen and oxygen atoms in total. The molecular formula is C27H48O4. The van der Waals surface area contributed by atoms with Crippen LogP contribution in [0.3, 0.4) is 0 Å². The van der Waals surface area contributed by atoms with Crippen molar-refractivity contribution in [1.29, 1.82) is 0 Å². The second-order valence-electron chi connectivity index (χ2n) is 12.9. The summed E-state index contributed by atoms with van der Waals surface area (Å²) in [4.78, 5) is 0. The van der Waals surface area contributed by atoms with Crippen LogP contribution >= 0.6 is 0 Å². The van der Waals surface area contributed by atoms with Crippen LogP contribution in [0.1, 0.15) is 111 Å². The highest BCUT2D eigenvalue weighted by Crippen LogP contribution is 2.68. The zero-order valence-electron chi connectivity index (χ0n) is 20.4. The van der Waals surface area contributed by atoms with Crippen LogP contribution in [0, 0.1) is 46.3 Å². The lowest BCUT2D eigenvalue weighted by Gasteiger charge is -2.61. The normalized spacial score (nSPS) is 45.9. The van der Waals surface area contributed by atoms with Crippen LogP contribution in [0.5, 0.6) is 0 Å². The Kier molecular flexibility index (Phi) is 6.38. The van der Waals surface area contributed by atoms with Crippen molar-refractivity contribution in [2.45, 2.75) is 123 Å². The van der Waals surface area contributed by atoms with Crippen molar-refractivity contribution < 1.29 is 20.4 Å². The van der Waals surface area contributed by atoms with Gasteiger partial charge in [-0.1, -0.05) is 46.5 Å². The van der Waals surface area contributed by atoms with Crippen LogP contribution in [0.2, 0.25) is 0 Å². The monoisotopic (exact) mass is 436 g/mol. The maximum atomic E-state index is 10.2. The van der Waals surface area contributed by atoms with Gasteiger partial charge in [0.15, 0.2) is 0 Å². The Bertz CT molecular complexity index is 640. The van der Waals surface area contributed by atoms with Crippen molar-refractivity contribution in [3.8, 4) is 0 Å². The number of hydrogen-bond donors (Lipinski definition) is 4. The molecule has 31 heavy (non-hydrogen) atoms. The quantitative estimate of drug-likeness (QED) is 0.430. The van der Waals surface area contributed by atoms with Crippen LogP contribution in [0.4, 0.5) is 0 Å². The molecule has 0 bridgehead atoms. The summed E-state index contributed by atoms with van der Waals surface area (Å²) in [5.74, 6) is 1.98. The number of hydrogen-bond acceptors (Lipinski definition) is 4. The topological polar surface area (TPSA) is 80.9 Å². The van der Waals surface area contributed by atoms with Gasteiger partial charge in [-0.3, -0.25) is 0 Å². The Labute approximate surface area is 189 Å². The van der Waals surface area contributed by atoms with E-state index in [4.69, 9.17) is 0 Å². The van der Waals surface area contributed by atoms with E-state index in [9.17, 15) is 20.4 Å². The first-order valence-electron chi connectivity index (χ1n) is 13.3. The Morgan fingerprint density at radius 1 is 0.839 bits per heavy atom. The molecule has 4 aliphatic carbocycles. The molecule has 0 aromatic rings. The molecular weight excluding hydrogens is 388 g/mol. The van der Waals surface area contributed by atoms with Gasteiger partial charge in [0.1, 0.15) is 5.60 Å². The van der Waals surface area contributed by atoms with Crippen LogP contribution < -0.4 is 0 Å². The summed E-state index contributed by atoms with van der Waals surface area (Å²) in [6.07, 6.45) is 16.1. The average molecular weight is 437 g/mol. The van der Waals surface area contributed by atoms with Crippen molar-refractivity contribution in [3.63, 3.8) is 0 Å². The molecule has 0 spiro atoms. The molecule has 0 saturated heterocycles. The summed E-state index contributed by atoms with van der Waals surface area (Å²) < 4.78 is 0. The van der Waals surface area contributed by atoms with Gasteiger partial charge in [-0.05, 0) is 111 Å². The maximum absolute atomic E-state index is 10.2. The first-order chi connectivity index (χ1) is 14.4. The highest BCUT2D eigenvalue weighted by atomic mass is 16.7. The minimum atomic E-state index is -3.03. The second-order valence-corrected chi connectivity index (χ2v) is 12.9. The van der Waals surface area contributed by atoms with Gasteiger partial charge in [0.25, 0.3) is 0 Å². The molecule has 0 heterocycles. The van der Waals surface area contributed by atoms with Gasteiger partial charge in [0.2, 0.25) is 0 Å². The summed E-state index contributed by atoms with van der Waals surface area (Å²) in [5.41, 5.74) is -0.847. The van der Waals surface area contributed by atoms with Gasteiger partial charge in [-0.25, -0.2) is 0 Å². The van der Waals surface area contributed by atoms with Crippen molar-refractivity contribution in [2.24, 2.45) is 46.3 Å². The largest absolute Gasteiger partial charge is 0.382 e. The molecule has 0 aromatic carbocycles. The fourth-order valence-corrected chi connectivity index (χ4v) is 9.41. The number of fused-ring (bicyclic) bond motifs is 5. The number of aliphatic hydroxyl groups is 4. The van der Waals surface area contributed by atoms with Gasteiger partial charge in [0.05, 0.1) is 0 Å². The second kappa shape index (κ2) is 8.25. The maximum Gasteiger partial charge on any atom is 0.305 e. The van der Waals surface area contributed by atoms with E-state index in [1.54, 1.807) is 0 Å². The van der Waals surface area contributed by atoms with Crippen molar-refractivity contribution in [3.05, 3.63) is 0 Å². The Morgan fingerprint density at radius 3 is 2.26 bits per heavy atom. The predicted molar refractivity (Wildman–Crippen MR) is 123 cm³/mol. The van der Waals surface area contributed by atoms with Crippen LogP contribution in [0.15, 0.2) is 0 Å². The van der Waals surface area contributed by atoms with Gasteiger partial charge < -0.3 is 20.4 Å². The molecule has 0 aliphatic heterocycles. The first-order valence-corrected chi connectivity index (χ1v) is 13.3. The fraction of sp³-hybridized carbons (Fsp3) is 1.00. The summed E-state index contributed by atoms with van der Waals surface area (Å²) in [6.45, 7) is 8.91. The average Bonchev–Trinajstić information content (AvgIpc) is 3.03. The molecule has 180 valence electrons. The molecule has 1 unspecified atom stereocenters.